The van der Waals surface area contributed by atoms with Crippen molar-refractivity contribution in [3.8, 4) is 17.4 Å². The van der Waals surface area contributed by atoms with Crippen LogP contribution in [-0.2, 0) is 25.5 Å². The Hall–Kier alpha value is -6.02. The molecule has 3 aliphatic rings. The van der Waals surface area contributed by atoms with Gasteiger partial charge in [-0.25, -0.2) is 38.5 Å². The molecule has 0 saturated carbocycles. The lowest BCUT2D eigenvalue weighted by Crippen LogP contribution is -2.55. The molecule has 65 heavy (non-hydrogen) atoms. The first-order chi connectivity index (χ1) is 31.6. The minimum absolute atomic E-state index is 0.0900. The molecule has 2 aromatic carbocycles. The van der Waals surface area contributed by atoms with E-state index in [-0.39, 0.29) is 48.1 Å². The van der Waals surface area contributed by atoms with Crippen molar-refractivity contribution in [1.82, 2.24) is 40.5 Å². The SMILES string of the molecule is COC(=O)C1=C(CN2CCOC[C@H]2C(=O)NCCCCCCOc2cc(N3CCc4nc(-c5ncccn5)ncc4[C@H]3C)cc(F)c2F)NC(c2nccs2)=N[C@H]1c1ccc(F)cc1Cl. The van der Waals surface area contributed by atoms with Gasteiger partial charge in [-0.05, 0) is 38.0 Å². The molecule has 3 atom stereocenters. The van der Waals surface area contributed by atoms with E-state index in [1.165, 1.54) is 42.7 Å². The maximum absolute atomic E-state index is 15.0. The molecule has 0 bridgehead atoms. The zero-order chi connectivity index (χ0) is 45.5. The highest BCUT2D eigenvalue weighted by Gasteiger charge is 2.37. The molecule has 15 nitrogen and oxygen atoms in total. The van der Waals surface area contributed by atoms with Gasteiger partial charge in [0.05, 0.1) is 44.2 Å². The molecule has 2 N–H and O–H groups in total. The number of morpholine rings is 1. The fraction of sp³-hybridized carbons (Fsp3) is 0.378. The minimum atomic E-state index is -1.04. The van der Waals surface area contributed by atoms with Gasteiger partial charge in [0, 0.05) is 102 Å². The standard InChI is InChI=1S/C45H46ClF3N10O5S/c1-26-30-23-54-41(40-50-12-7-13-51-40)55-33(30)10-15-59(26)28-21-32(48)38(49)36(22-28)64-17-6-4-3-5-11-52-43(60)35-25-63-18-16-58(35)24-34-37(45(61)62-2)39(29-9-8-27(47)20-31(29)46)57-42(56-34)44-53-14-19-65-44/h7-9,12-14,19-23,26,35,39H,3-6,10-11,15-18,24-25H2,1-2H3,(H,52,60)(H,56,57)/t26-,35+,39+/m1/s1. The third-order valence-corrected chi connectivity index (χ3v) is 12.5. The molecule has 0 aliphatic carbocycles. The molecule has 3 aromatic heterocycles. The van der Waals surface area contributed by atoms with Gasteiger partial charge >= 0.3 is 5.97 Å². The predicted octanol–water partition coefficient (Wildman–Crippen LogP) is 6.56. The Labute approximate surface area is 382 Å². The molecule has 1 fully saturated rings. The summed E-state index contributed by atoms with van der Waals surface area (Å²) in [5.41, 5.74) is 3.25. The third kappa shape index (κ3) is 10.4. The average Bonchev–Trinajstić information content (AvgIpc) is 3.87. The zero-order valence-corrected chi connectivity index (χ0v) is 37.2. The lowest BCUT2D eigenvalue weighted by molar-refractivity contribution is -0.136. The first-order valence-corrected chi connectivity index (χ1v) is 22.5. The first kappa shape index (κ1) is 45.5. The van der Waals surface area contributed by atoms with Gasteiger partial charge in [0.15, 0.2) is 34.1 Å². The summed E-state index contributed by atoms with van der Waals surface area (Å²) in [7, 11) is 1.26. The molecule has 20 heteroatoms. The van der Waals surface area contributed by atoms with Gasteiger partial charge < -0.3 is 29.7 Å². The average molecular weight is 931 g/mol. The van der Waals surface area contributed by atoms with Crippen LogP contribution in [0.1, 0.15) is 66.5 Å². The van der Waals surface area contributed by atoms with Crippen molar-refractivity contribution in [3.63, 3.8) is 0 Å². The maximum Gasteiger partial charge on any atom is 0.338 e. The van der Waals surface area contributed by atoms with Gasteiger partial charge in [-0.3, -0.25) is 14.7 Å². The summed E-state index contributed by atoms with van der Waals surface area (Å²) in [5, 5.41) is 8.73. The first-order valence-electron chi connectivity index (χ1n) is 21.2. The number of fused-ring (bicyclic) bond motifs is 1. The molecule has 1 amide bonds. The molecule has 3 aliphatic heterocycles. The molecule has 1 saturated heterocycles. The highest BCUT2D eigenvalue weighted by Crippen LogP contribution is 2.38. The Balaban J connectivity index is 0.836. The van der Waals surface area contributed by atoms with Crippen LogP contribution in [-0.4, -0.2) is 107 Å². The number of hydrogen-bond donors (Lipinski definition) is 2. The number of benzene rings is 2. The van der Waals surface area contributed by atoms with Crippen LogP contribution in [0.2, 0.25) is 5.02 Å². The molecule has 340 valence electrons. The summed E-state index contributed by atoms with van der Waals surface area (Å²) in [6, 6.07) is 6.51. The van der Waals surface area contributed by atoms with Gasteiger partial charge in [-0.15, -0.1) is 11.3 Å². The summed E-state index contributed by atoms with van der Waals surface area (Å²) < 4.78 is 60.7. The van der Waals surface area contributed by atoms with E-state index >= 15 is 0 Å². The number of rotatable bonds is 16. The number of aromatic nitrogens is 5. The predicted molar refractivity (Wildman–Crippen MR) is 237 cm³/mol. The van der Waals surface area contributed by atoms with Crippen LogP contribution in [0.15, 0.2) is 82.8 Å². The molecular weight excluding hydrogens is 885 g/mol. The smallest absolute Gasteiger partial charge is 0.338 e. The summed E-state index contributed by atoms with van der Waals surface area (Å²) in [6.07, 6.45) is 9.94. The largest absolute Gasteiger partial charge is 0.490 e. The Kier molecular flexibility index (Phi) is 14.6. The van der Waals surface area contributed by atoms with E-state index in [0.29, 0.717) is 84.9 Å². The Morgan fingerprint density at radius 1 is 1.00 bits per heavy atom. The molecule has 5 aromatic rings. The normalized spacial score (nSPS) is 18.7. The maximum atomic E-state index is 15.0. The van der Waals surface area contributed by atoms with Crippen LogP contribution in [0.4, 0.5) is 18.9 Å². The fourth-order valence-corrected chi connectivity index (χ4v) is 8.95. The van der Waals surface area contributed by atoms with E-state index < -0.39 is 35.5 Å². The second-order valence-corrected chi connectivity index (χ2v) is 16.8. The minimum Gasteiger partial charge on any atom is -0.490 e. The van der Waals surface area contributed by atoms with Gasteiger partial charge in [-0.1, -0.05) is 30.5 Å². The second-order valence-electron chi connectivity index (χ2n) is 15.5. The number of hydrogen-bond acceptors (Lipinski definition) is 15. The number of anilines is 1. The quantitative estimate of drug-likeness (QED) is 0.0807. The van der Waals surface area contributed by atoms with Crippen LogP contribution in [0, 0.1) is 17.5 Å². The highest BCUT2D eigenvalue weighted by molar-refractivity contribution is 7.11. The molecule has 0 unspecified atom stereocenters. The van der Waals surface area contributed by atoms with Crippen LogP contribution < -0.4 is 20.3 Å². The molecule has 6 heterocycles. The van der Waals surface area contributed by atoms with Gasteiger partial charge in [0.1, 0.15) is 17.9 Å². The number of methoxy groups -OCH3 is 1. The van der Waals surface area contributed by atoms with Crippen LogP contribution in [0.5, 0.6) is 5.75 Å². The Morgan fingerprint density at radius 3 is 2.62 bits per heavy atom. The number of nitrogens with one attached hydrogen (secondary N) is 2. The van der Waals surface area contributed by atoms with Crippen molar-refractivity contribution >= 4 is 46.3 Å². The topological polar surface area (TPSA) is 169 Å². The summed E-state index contributed by atoms with van der Waals surface area (Å²) >= 11 is 7.86. The van der Waals surface area contributed by atoms with Crippen LogP contribution in [0.3, 0.4) is 0 Å². The zero-order valence-electron chi connectivity index (χ0n) is 35.6. The van der Waals surface area contributed by atoms with E-state index in [4.69, 9.17) is 35.8 Å². The summed E-state index contributed by atoms with van der Waals surface area (Å²) in [6.45, 7) is 4.09. The van der Waals surface area contributed by atoms with E-state index in [0.717, 1.165) is 30.2 Å². The summed E-state index contributed by atoms with van der Waals surface area (Å²) in [5.74, 6) is -2.36. The van der Waals surface area contributed by atoms with E-state index in [9.17, 15) is 22.8 Å². The van der Waals surface area contributed by atoms with E-state index in [1.54, 1.807) is 36.2 Å². The number of thiazole rings is 1. The van der Waals surface area contributed by atoms with Gasteiger partial charge in [0.2, 0.25) is 11.7 Å². The monoisotopic (exact) mass is 930 g/mol. The van der Waals surface area contributed by atoms with Crippen molar-refractivity contribution in [2.45, 2.75) is 57.2 Å². The van der Waals surface area contributed by atoms with Crippen molar-refractivity contribution in [2.75, 3.05) is 58.0 Å². The number of aliphatic imine (C=N–C) groups is 1. The molecule has 0 radical (unpaired) electrons. The van der Waals surface area contributed by atoms with Crippen molar-refractivity contribution in [1.29, 1.82) is 0 Å². The fourth-order valence-electron chi connectivity index (χ4n) is 8.09. The number of amidine groups is 1. The number of amides is 1. The third-order valence-electron chi connectivity index (χ3n) is 11.4. The number of carbonyl (C=O) groups is 2. The lowest BCUT2D eigenvalue weighted by Gasteiger charge is -2.37. The van der Waals surface area contributed by atoms with Crippen molar-refractivity contribution in [2.24, 2.45) is 4.99 Å². The number of esters is 1. The summed E-state index contributed by atoms with van der Waals surface area (Å²) in [4.78, 5) is 57.8. The van der Waals surface area contributed by atoms with Crippen LogP contribution in [0.25, 0.3) is 11.6 Å². The Morgan fingerprint density at radius 2 is 1.83 bits per heavy atom. The lowest BCUT2D eigenvalue weighted by atomic mass is 9.95. The highest BCUT2D eigenvalue weighted by atomic mass is 35.5. The number of carbonyl (C=O) groups excluding carboxylic acids is 2. The molecule has 8 rings (SSSR count). The van der Waals surface area contributed by atoms with Crippen LogP contribution >= 0.6 is 22.9 Å². The van der Waals surface area contributed by atoms with E-state index in [2.05, 4.69) is 30.6 Å². The number of ether oxygens (including phenoxy) is 3. The second kappa shape index (κ2) is 20.9. The number of unbranched alkanes of at least 4 members (excludes halogenated alkanes) is 3. The number of nitrogens with zero attached hydrogens (tertiary/aromatic N) is 8. The van der Waals surface area contributed by atoms with Gasteiger partial charge in [-0.2, -0.15) is 4.39 Å². The van der Waals surface area contributed by atoms with Gasteiger partial charge in [0.25, 0.3) is 0 Å². The Bertz CT molecular complexity index is 2570. The molecule has 0 spiro atoms. The van der Waals surface area contributed by atoms with Crippen molar-refractivity contribution < 1.29 is 37.0 Å². The number of halogens is 4. The van der Waals surface area contributed by atoms with E-state index in [1.807, 2.05) is 16.7 Å². The van der Waals surface area contributed by atoms with Crippen molar-refractivity contribution in [3.05, 3.63) is 122 Å². The molecular formula is C45H46ClF3N10O5S.